The van der Waals surface area contributed by atoms with Crippen LogP contribution in [0, 0.1) is 0 Å². The summed E-state index contributed by atoms with van der Waals surface area (Å²) in [6.45, 7) is 4.74. The lowest BCUT2D eigenvalue weighted by molar-refractivity contribution is -0.158. The zero-order valence-corrected chi connectivity index (χ0v) is 15.2. The first-order valence-electron chi connectivity index (χ1n) is 8.02. The fourth-order valence-electron chi connectivity index (χ4n) is 2.89. The van der Waals surface area contributed by atoms with E-state index in [4.69, 9.17) is 14.2 Å². The predicted molar refractivity (Wildman–Crippen MR) is 89.4 cm³/mol. The summed E-state index contributed by atoms with van der Waals surface area (Å²) in [7, 11) is 2.89. The molecule has 2 aromatic rings. The van der Waals surface area contributed by atoms with E-state index < -0.39 is 35.2 Å². The fraction of sp³-hybridized carbons (Fsp3) is 0.562. The number of ether oxygens (including phenoxy) is 3. The van der Waals surface area contributed by atoms with Crippen LogP contribution in [0.3, 0.4) is 0 Å². The first-order valence-corrected chi connectivity index (χ1v) is 8.02. The molecule has 1 saturated heterocycles. The molecule has 0 radical (unpaired) electrons. The summed E-state index contributed by atoms with van der Waals surface area (Å²) in [5.41, 5.74) is -0.454. The van der Waals surface area contributed by atoms with Gasteiger partial charge in [-0.2, -0.15) is 0 Å². The fourth-order valence-corrected chi connectivity index (χ4v) is 2.89. The quantitative estimate of drug-likeness (QED) is 0.687. The maximum Gasteiger partial charge on any atom is 0.332 e. The molecule has 0 N–H and O–H groups in total. The molecule has 26 heavy (non-hydrogen) atoms. The third-order valence-corrected chi connectivity index (χ3v) is 4.10. The predicted octanol–water partition coefficient (Wildman–Crippen LogP) is -0.217. The number of carbonyl (C=O) groups is 1. The van der Waals surface area contributed by atoms with Gasteiger partial charge in [0.25, 0.3) is 5.56 Å². The van der Waals surface area contributed by atoms with Crippen molar-refractivity contribution in [1.82, 2.24) is 19.1 Å². The lowest BCUT2D eigenvalue weighted by Crippen LogP contribution is -2.38. The smallest absolute Gasteiger partial charge is 0.332 e. The number of aryl methyl sites for hydroxylation is 1. The van der Waals surface area contributed by atoms with E-state index >= 15 is 0 Å². The second kappa shape index (κ2) is 6.29. The summed E-state index contributed by atoms with van der Waals surface area (Å²) in [6.07, 6.45) is 0.150. The van der Waals surface area contributed by atoms with Crippen molar-refractivity contribution < 1.29 is 19.0 Å². The van der Waals surface area contributed by atoms with Crippen molar-refractivity contribution in [3.63, 3.8) is 0 Å². The van der Waals surface area contributed by atoms with Gasteiger partial charge in [-0.1, -0.05) is 0 Å². The van der Waals surface area contributed by atoms with Gasteiger partial charge >= 0.3 is 11.7 Å². The second-order valence-electron chi connectivity index (χ2n) is 6.57. The summed E-state index contributed by atoms with van der Waals surface area (Å²) in [4.78, 5) is 44.1. The van der Waals surface area contributed by atoms with Crippen LogP contribution in [0.25, 0.3) is 11.2 Å². The molecular formula is C16H20N4O6. The van der Waals surface area contributed by atoms with Gasteiger partial charge in [-0.25, -0.2) is 14.8 Å². The Bertz CT molecular complexity index is 993. The van der Waals surface area contributed by atoms with Crippen molar-refractivity contribution in [3.05, 3.63) is 32.7 Å². The Labute approximate surface area is 148 Å². The zero-order chi connectivity index (χ0) is 19.2. The van der Waals surface area contributed by atoms with Gasteiger partial charge in [0, 0.05) is 21.0 Å². The van der Waals surface area contributed by atoms with Gasteiger partial charge < -0.3 is 14.2 Å². The SMILES string of the molecule is CC(=O)OC[C@@H]1OC(C)(C)O[C@@H]1c1cnc2c(n1)c(=O)n(C)c(=O)n2C. The third-order valence-electron chi connectivity index (χ3n) is 4.10. The van der Waals surface area contributed by atoms with Gasteiger partial charge in [0.2, 0.25) is 0 Å². The summed E-state index contributed by atoms with van der Waals surface area (Å²) in [6, 6.07) is 0. The molecule has 1 fully saturated rings. The number of carbonyl (C=O) groups excluding carboxylic acids is 1. The molecule has 1 aliphatic heterocycles. The van der Waals surface area contributed by atoms with Gasteiger partial charge in [0.15, 0.2) is 17.0 Å². The monoisotopic (exact) mass is 364 g/mol. The summed E-state index contributed by atoms with van der Waals surface area (Å²) in [5.74, 6) is -1.36. The molecule has 2 atom stereocenters. The van der Waals surface area contributed by atoms with Crippen molar-refractivity contribution in [2.45, 2.75) is 38.8 Å². The highest BCUT2D eigenvalue weighted by Crippen LogP contribution is 2.37. The van der Waals surface area contributed by atoms with E-state index in [1.807, 2.05) is 0 Å². The molecule has 0 saturated carbocycles. The Balaban J connectivity index is 2.07. The zero-order valence-electron chi connectivity index (χ0n) is 15.2. The lowest BCUT2D eigenvalue weighted by atomic mass is 10.1. The largest absolute Gasteiger partial charge is 0.463 e. The number of hydrogen-bond donors (Lipinski definition) is 0. The van der Waals surface area contributed by atoms with Crippen molar-refractivity contribution >= 4 is 17.1 Å². The molecule has 2 aromatic heterocycles. The van der Waals surface area contributed by atoms with Gasteiger partial charge in [-0.05, 0) is 13.8 Å². The van der Waals surface area contributed by atoms with E-state index in [0.29, 0.717) is 5.69 Å². The van der Waals surface area contributed by atoms with Gasteiger partial charge in [0.05, 0.1) is 11.9 Å². The Kier molecular flexibility index (Phi) is 4.41. The Morgan fingerprint density at radius 3 is 2.62 bits per heavy atom. The molecule has 10 heteroatoms. The minimum atomic E-state index is -0.916. The van der Waals surface area contributed by atoms with Crippen molar-refractivity contribution in [1.29, 1.82) is 0 Å². The van der Waals surface area contributed by atoms with Gasteiger partial charge in [0.1, 0.15) is 18.8 Å². The number of hydrogen-bond acceptors (Lipinski definition) is 8. The van der Waals surface area contributed by atoms with E-state index in [-0.39, 0.29) is 17.8 Å². The minimum absolute atomic E-state index is 0.0194. The van der Waals surface area contributed by atoms with Gasteiger partial charge in [-0.3, -0.25) is 18.7 Å². The molecule has 3 heterocycles. The molecule has 140 valence electrons. The molecule has 0 unspecified atom stereocenters. The average Bonchev–Trinajstić information content (AvgIpc) is 2.90. The normalized spacial score (nSPS) is 21.9. The average molecular weight is 364 g/mol. The van der Waals surface area contributed by atoms with E-state index in [2.05, 4.69) is 9.97 Å². The summed E-state index contributed by atoms with van der Waals surface area (Å²) >= 11 is 0. The van der Waals surface area contributed by atoms with Crippen LogP contribution in [0.5, 0.6) is 0 Å². The van der Waals surface area contributed by atoms with E-state index in [0.717, 1.165) is 4.57 Å². The van der Waals surface area contributed by atoms with E-state index in [9.17, 15) is 14.4 Å². The maximum atomic E-state index is 12.4. The highest BCUT2D eigenvalue weighted by atomic mass is 16.8. The number of esters is 1. The number of aromatic nitrogens is 4. The topological polar surface area (TPSA) is 115 Å². The lowest BCUT2D eigenvalue weighted by Gasteiger charge is -2.16. The van der Waals surface area contributed by atoms with Crippen LogP contribution in [-0.4, -0.2) is 43.6 Å². The first-order chi connectivity index (χ1) is 12.1. The molecule has 3 rings (SSSR count). The maximum absolute atomic E-state index is 12.4. The molecule has 1 aliphatic rings. The molecule has 0 aliphatic carbocycles. The van der Waals surface area contributed by atoms with E-state index in [1.54, 1.807) is 13.8 Å². The number of nitrogens with zero attached hydrogens (tertiary/aromatic N) is 4. The third kappa shape index (κ3) is 3.13. The summed E-state index contributed by atoms with van der Waals surface area (Å²) in [5, 5.41) is 0. The molecule has 0 bridgehead atoms. The van der Waals surface area contributed by atoms with E-state index in [1.165, 1.54) is 31.8 Å². The molecule has 0 spiro atoms. The first kappa shape index (κ1) is 18.2. The molecule has 0 amide bonds. The van der Waals surface area contributed by atoms with Crippen LogP contribution in [0.4, 0.5) is 0 Å². The highest BCUT2D eigenvalue weighted by Gasteiger charge is 2.43. The second-order valence-corrected chi connectivity index (χ2v) is 6.57. The number of rotatable bonds is 3. The van der Waals surface area contributed by atoms with Crippen LogP contribution in [-0.2, 0) is 33.1 Å². The van der Waals surface area contributed by atoms with Crippen LogP contribution in [0.1, 0.15) is 32.6 Å². The molecule has 0 aromatic carbocycles. The Hall–Kier alpha value is -2.59. The molecule has 10 nitrogen and oxygen atoms in total. The highest BCUT2D eigenvalue weighted by molar-refractivity contribution is 5.68. The summed E-state index contributed by atoms with van der Waals surface area (Å²) < 4.78 is 18.9. The van der Waals surface area contributed by atoms with Crippen LogP contribution in [0.15, 0.2) is 15.8 Å². The standard InChI is InChI=1S/C16H20N4O6/c1-8(21)24-7-10-12(26-16(2,3)25-10)9-6-17-13-11(18-9)14(22)20(5)15(23)19(13)4/h6,10,12H,7H2,1-5H3/t10-,12+/m0/s1. The Morgan fingerprint density at radius 1 is 1.27 bits per heavy atom. The van der Waals surface area contributed by atoms with Crippen molar-refractivity contribution in [3.8, 4) is 0 Å². The van der Waals surface area contributed by atoms with Crippen LogP contribution < -0.4 is 11.2 Å². The van der Waals surface area contributed by atoms with Crippen LogP contribution >= 0.6 is 0 Å². The Morgan fingerprint density at radius 2 is 1.96 bits per heavy atom. The van der Waals surface area contributed by atoms with Crippen molar-refractivity contribution in [2.24, 2.45) is 14.1 Å². The molecular weight excluding hydrogens is 344 g/mol. The minimum Gasteiger partial charge on any atom is -0.463 e. The van der Waals surface area contributed by atoms with Crippen molar-refractivity contribution in [2.75, 3.05) is 6.61 Å². The number of fused-ring (bicyclic) bond motifs is 1. The van der Waals surface area contributed by atoms with Crippen LogP contribution in [0.2, 0.25) is 0 Å². The van der Waals surface area contributed by atoms with Gasteiger partial charge in [-0.15, -0.1) is 0 Å².